The third-order valence-corrected chi connectivity index (χ3v) is 5.15. The molecule has 4 aromatic rings. The van der Waals surface area contributed by atoms with Crippen LogP contribution in [0, 0.1) is 5.82 Å². The molecular weight excluding hydrogens is 395 g/mol. The predicted octanol–water partition coefficient (Wildman–Crippen LogP) is 3.17. The number of aliphatic hydroxyl groups is 2. The Hall–Kier alpha value is -3.27. The highest BCUT2D eigenvalue weighted by molar-refractivity contribution is 7.22. The van der Waals surface area contributed by atoms with Gasteiger partial charge >= 0.3 is 0 Å². The smallest absolute Gasteiger partial charge is 0.259 e. The summed E-state index contributed by atoms with van der Waals surface area (Å²) in [6.45, 7) is -0.531. The second-order valence-electron chi connectivity index (χ2n) is 6.17. The highest BCUT2D eigenvalue weighted by Gasteiger charge is 2.15. The molecule has 3 heterocycles. The van der Waals surface area contributed by atoms with Gasteiger partial charge in [0.05, 0.1) is 28.1 Å². The first-order chi connectivity index (χ1) is 14.0. The van der Waals surface area contributed by atoms with Crippen LogP contribution >= 0.6 is 11.3 Å². The number of pyridine rings is 2. The molecule has 9 heteroatoms. The summed E-state index contributed by atoms with van der Waals surface area (Å²) in [4.78, 5) is 24.9. The van der Waals surface area contributed by atoms with E-state index in [0.29, 0.717) is 10.7 Å². The van der Waals surface area contributed by atoms with Gasteiger partial charge in [0.25, 0.3) is 5.91 Å². The molecule has 0 saturated carbocycles. The van der Waals surface area contributed by atoms with Crippen molar-refractivity contribution in [3.63, 3.8) is 0 Å². The lowest BCUT2D eigenvalue weighted by atomic mass is 10.1. The molecule has 1 atom stereocenters. The third-order valence-electron chi connectivity index (χ3n) is 4.20. The first-order valence-electron chi connectivity index (χ1n) is 8.63. The number of amides is 1. The van der Waals surface area contributed by atoms with Gasteiger partial charge in [-0.15, -0.1) is 0 Å². The lowest BCUT2D eigenvalue weighted by Gasteiger charge is -2.09. The Kier molecular flexibility index (Phi) is 5.26. The molecule has 0 aliphatic heterocycles. The highest BCUT2D eigenvalue weighted by atomic mass is 32.1. The van der Waals surface area contributed by atoms with Crippen LogP contribution in [-0.4, -0.2) is 37.7 Å². The molecule has 0 aliphatic rings. The number of aromatic nitrogens is 3. The minimum atomic E-state index is -1.20. The third kappa shape index (κ3) is 3.97. The van der Waals surface area contributed by atoms with Crippen LogP contribution in [0.1, 0.15) is 22.0 Å². The Morgan fingerprint density at radius 1 is 1.17 bits per heavy atom. The van der Waals surface area contributed by atoms with E-state index >= 15 is 0 Å². The first kappa shape index (κ1) is 19.1. The SMILES string of the molecule is O=C(Nc1nc2ccccc2s1)c1ccc(-c2ncc(C(O)CO)cc2F)nc1. The van der Waals surface area contributed by atoms with Gasteiger partial charge in [0, 0.05) is 18.0 Å². The number of nitrogens with one attached hydrogen (secondary N) is 1. The van der Waals surface area contributed by atoms with E-state index < -0.39 is 18.5 Å². The number of fused-ring (bicyclic) bond motifs is 1. The number of hydrogen-bond acceptors (Lipinski definition) is 7. The van der Waals surface area contributed by atoms with Crippen LogP contribution in [-0.2, 0) is 0 Å². The number of nitrogens with zero attached hydrogens (tertiary/aromatic N) is 3. The number of carbonyl (C=O) groups is 1. The van der Waals surface area contributed by atoms with Crippen molar-refractivity contribution >= 4 is 32.6 Å². The molecule has 29 heavy (non-hydrogen) atoms. The van der Waals surface area contributed by atoms with E-state index in [9.17, 15) is 14.3 Å². The van der Waals surface area contributed by atoms with Crippen molar-refractivity contribution in [1.82, 2.24) is 15.0 Å². The zero-order valence-electron chi connectivity index (χ0n) is 14.9. The lowest BCUT2D eigenvalue weighted by Crippen LogP contribution is -2.12. The van der Waals surface area contributed by atoms with Crippen molar-refractivity contribution in [1.29, 1.82) is 0 Å². The van der Waals surface area contributed by atoms with Crippen molar-refractivity contribution in [2.75, 3.05) is 11.9 Å². The minimum Gasteiger partial charge on any atom is -0.393 e. The second-order valence-corrected chi connectivity index (χ2v) is 7.20. The quantitative estimate of drug-likeness (QED) is 0.466. The lowest BCUT2D eigenvalue weighted by molar-refractivity contribution is 0.0951. The van der Waals surface area contributed by atoms with Crippen LogP contribution in [0.3, 0.4) is 0 Å². The Morgan fingerprint density at radius 2 is 2.00 bits per heavy atom. The number of benzene rings is 1. The number of para-hydroxylation sites is 1. The fraction of sp³-hybridized carbons (Fsp3) is 0.100. The van der Waals surface area contributed by atoms with E-state index in [2.05, 4.69) is 20.3 Å². The molecule has 3 aromatic heterocycles. The summed E-state index contributed by atoms with van der Waals surface area (Å²) in [7, 11) is 0. The molecule has 0 bridgehead atoms. The number of aliphatic hydroxyl groups excluding tert-OH is 2. The van der Waals surface area contributed by atoms with Crippen LogP contribution in [0.2, 0.25) is 0 Å². The molecule has 3 N–H and O–H groups in total. The minimum absolute atomic E-state index is 0.0166. The second kappa shape index (κ2) is 8.00. The fourth-order valence-electron chi connectivity index (χ4n) is 2.69. The van der Waals surface area contributed by atoms with Gasteiger partial charge in [0.2, 0.25) is 0 Å². The van der Waals surface area contributed by atoms with Crippen molar-refractivity contribution < 1.29 is 19.4 Å². The molecule has 1 aromatic carbocycles. The van der Waals surface area contributed by atoms with Crippen LogP contribution in [0.4, 0.5) is 9.52 Å². The maximum atomic E-state index is 14.3. The number of carbonyl (C=O) groups excluding carboxylic acids is 1. The molecule has 0 fully saturated rings. The number of halogens is 1. The number of anilines is 1. The van der Waals surface area contributed by atoms with Crippen molar-refractivity contribution in [2.45, 2.75) is 6.10 Å². The summed E-state index contributed by atoms with van der Waals surface area (Å²) in [5.41, 5.74) is 1.49. The molecule has 0 saturated heterocycles. The highest BCUT2D eigenvalue weighted by Crippen LogP contribution is 2.26. The van der Waals surface area contributed by atoms with Crippen LogP contribution in [0.25, 0.3) is 21.6 Å². The molecule has 0 radical (unpaired) electrons. The zero-order valence-corrected chi connectivity index (χ0v) is 15.7. The summed E-state index contributed by atoms with van der Waals surface area (Å²) in [5, 5.41) is 21.7. The maximum absolute atomic E-state index is 14.3. The molecule has 146 valence electrons. The zero-order chi connectivity index (χ0) is 20.4. The van der Waals surface area contributed by atoms with Gasteiger partial charge in [-0.3, -0.25) is 20.1 Å². The van der Waals surface area contributed by atoms with Crippen molar-refractivity contribution in [3.05, 3.63) is 71.8 Å². The summed E-state index contributed by atoms with van der Waals surface area (Å²) >= 11 is 1.37. The molecule has 1 unspecified atom stereocenters. The van der Waals surface area contributed by atoms with Gasteiger partial charge < -0.3 is 10.2 Å². The van der Waals surface area contributed by atoms with E-state index in [-0.39, 0.29) is 22.9 Å². The fourth-order valence-corrected chi connectivity index (χ4v) is 3.55. The Bertz CT molecular complexity index is 1150. The van der Waals surface area contributed by atoms with E-state index in [1.807, 2.05) is 24.3 Å². The molecule has 4 rings (SSSR count). The molecule has 7 nitrogen and oxygen atoms in total. The predicted molar refractivity (Wildman–Crippen MR) is 107 cm³/mol. The Balaban J connectivity index is 1.52. The molecule has 0 aliphatic carbocycles. The summed E-state index contributed by atoms with van der Waals surface area (Å²) in [6.07, 6.45) is 1.40. The molecule has 1 amide bonds. The van der Waals surface area contributed by atoms with Gasteiger partial charge in [-0.1, -0.05) is 23.5 Å². The van der Waals surface area contributed by atoms with Crippen molar-refractivity contribution in [3.8, 4) is 11.4 Å². The van der Waals surface area contributed by atoms with Gasteiger partial charge in [-0.2, -0.15) is 0 Å². The average Bonchev–Trinajstić information content (AvgIpc) is 3.15. The van der Waals surface area contributed by atoms with Crippen LogP contribution in [0.15, 0.2) is 54.9 Å². The average molecular weight is 410 g/mol. The van der Waals surface area contributed by atoms with Gasteiger partial charge in [0.1, 0.15) is 11.8 Å². The van der Waals surface area contributed by atoms with Crippen molar-refractivity contribution in [2.24, 2.45) is 0 Å². The van der Waals surface area contributed by atoms with Gasteiger partial charge in [-0.25, -0.2) is 9.37 Å². The van der Waals surface area contributed by atoms with E-state index in [1.165, 1.54) is 35.9 Å². The number of rotatable bonds is 5. The molecule has 0 spiro atoms. The summed E-state index contributed by atoms with van der Waals surface area (Å²) in [6, 6.07) is 11.7. The summed E-state index contributed by atoms with van der Waals surface area (Å²) < 4.78 is 15.3. The Labute approximate surface area is 168 Å². The Morgan fingerprint density at radius 3 is 2.69 bits per heavy atom. The van der Waals surface area contributed by atoms with E-state index in [4.69, 9.17) is 5.11 Å². The number of thiazole rings is 1. The van der Waals surface area contributed by atoms with Gasteiger partial charge in [0.15, 0.2) is 10.9 Å². The monoisotopic (exact) mass is 410 g/mol. The van der Waals surface area contributed by atoms with E-state index in [0.717, 1.165) is 16.3 Å². The standard InChI is InChI=1S/C20H15FN4O3S/c21-13-7-12(16(27)10-26)9-23-18(13)15-6-5-11(8-22-15)19(28)25-20-24-14-3-1-2-4-17(14)29-20/h1-9,16,26-27H,10H2,(H,24,25,28). The topological polar surface area (TPSA) is 108 Å². The van der Waals surface area contributed by atoms with Gasteiger partial charge in [-0.05, 0) is 30.3 Å². The first-order valence-corrected chi connectivity index (χ1v) is 9.44. The number of hydrogen-bond donors (Lipinski definition) is 3. The summed E-state index contributed by atoms with van der Waals surface area (Å²) in [5.74, 6) is -1.06. The van der Waals surface area contributed by atoms with Crippen LogP contribution < -0.4 is 5.32 Å². The van der Waals surface area contributed by atoms with E-state index in [1.54, 1.807) is 0 Å². The van der Waals surface area contributed by atoms with Crippen LogP contribution in [0.5, 0.6) is 0 Å². The maximum Gasteiger partial charge on any atom is 0.259 e. The molecular formula is C20H15FN4O3S. The largest absolute Gasteiger partial charge is 0.393 e. The normalized spacial score (nSPS) is 12.1.